The molecule has 0 radical (unpaired) electrons. The van der Waals surface area contributed by atoms with Crippen LogP contribution in [0.25, 0.3) is 0 Å². The van der Waals surface area contributed by atoms with Crippen molar-refractivity contribution in [2.75, 3.05) is 11.9 Å². The third-order valence-electron chi connectivity index (χ3n) is 2.52. The minimum Gasteiger partial charge on any atom is -0.464 e. The van der Waals surface area contributed by atoms with E-state index in [9.17, 15) is 14.2 Å². The van der Waals surface area contributed by atoms with Gasteiger partial charge in [-0.3, -0.25) is 9.32 Å². The third-order valence-corrected chi connectivity index (χ3v) is 3.08. The molecule has 2 atom stereocenters. The molecule has 0 saturated heterocycles. The number of carbonyl (C=O) groups excluding carboxylic acids is 2. The molecular formula is C13H19N2O6P. The molecule has 0 fully saturated rings. The number of hydrogen-bond acceptors (Lipinski definition) is 5. The molecule has 8 nitrogen and oxygen atoms in total. The molecule has 0 aromatic heterocycles. The van der Waals surface area contributed by atoms with Gasteiger partial charge in [-0.05, 0) is 24.6 Å². The van der Waals surface area contributed by atoms with Crippen molar-refractivity contribution >= 4 is 25.3 Å². The van der Waals surface area contributed by atoms with Crippen LogP contribution in [-0.2, 0) is 29.8 Å². The first-order valence-corrected chi connectivity index (χ1v) is 8.19. The van der Waals surface area contributed by atoms with Gasteiger partial charge in [-0.2, -0.15) is 0 Å². The van der Waals surface area contributed by atoms with Gasteiger partial charge in [0.15, 0.2) is 6.10 Å². The Morgan fingerprint density at radius 2 is 1.95 bits per heavy atom. The van der Waals surface area contributed by atoms with E-state index in [1.165, 1.54) is 6.92 Å². The molecule has 2 unspecified atom stereocenters. The highest BCUT2D eigenvalue weighted by Crippen LogP contribution is 2.34. The lowest BCUT2D eigenvalue weighted by molar-refractivity contribution is -0.151. The highest BCUT2D eigenvalue weighted by atomic mass is 31.2. The number of anilines is 1. The van der Waals surface area contributed by atoms with E-state index < -0.39 is 19.8 Å². The summed E-state index contributed by atoms with van der Waals surface area (Å²) >= 11 is 0. The maximum atomic E-state index is 11.7. The Bertz CT molecular complexity index is 568. The summed E-state index contributed by atoms with van der Waals surface area (Å²) in [6, 6.07) is 6.58. The Hall–Kier alpha value is -1.73. The molecule has 0 bridgehead atoms. The van der Waals surface area contributed by atoms with Gasteiger partial charge in [0.25, 0.3) is 0 Å². The monoisotopic (exact) mass is 330 g/mol. The van der Waals surface area contributed by atoms with Crippen molar-refractivity contribution in [3.05, 3.63) is 29.8 Å². The van der Waals surface area contributed by atoms with Crippen molar-refractivity contribution in [2.45, 2.75) is 26.4 Å². The highest BCUT2D eigenvalue weighted by Gasteiger charge is 2.28. The van der Waals surface area contributed by atoms with Gasteiger partial charge < -0.3 is 14.9 Å². The fourth-order valence-corrected chi connectivity index (χ4v) is 2.25. The predicted octanol–water partition coefficient (Wildman–Crippen LogP) is 1.19. The van der Waals surface area contributed by atoms with Gasteiger partial charge in [-0.15, -0.1) is 0 Å². The smallest absolute Gasteiger partial charge is 0.401 e. The Morgan fingerprint density at radius 3 is 2.41 bits per heavy atom. The number of amides is 1. The van der Waals surface area contributed by atoms with Crippen molar-refractivity contribution in [3.8, 4) is 0 Å². The summed E-state index contributed by atoms with van der Waals surface area (Å²) in [6.07, 6.45) is -1.27. The van der Waals surface area contributed by atoms with Gasteiger partial charge in [-0.25, -0.2) is 14.9 Å². The molecule has 1 aromatic carbocycles. The lowest BCUT2D eigenvalue weighted by atomic mass is 10.1. The van der Waals surface area contributed by atoms with Crippen LogP contribution in [-0.4, -0.2) is 29.5 Å². The van der Waals surface area contributed by atoms with Gasteiger partial charge >= 0.3 is 13.7 Å². The number of ether oxygens (including phenoxy) is 1. The van der Waals surface area contributed by atoms with Crippen LogP contribution >= 0.6 is 7.75 Å². The zero-order valence-electron chi connectivity index (χ0n) is 12.3. The molecule has 1 rings (SSSR count). The van der Waals surface area contributed by atoms with Crippen LogP contribution in [0.15, 0.2) is 24.3 Å². The Labute approximate surface area is 128 Å². The van der Waals surface area contributed by atoms with E-state index >= 15 is 0 Å². The Balaban J connectivity index is 2.82. The number of carbonyl (C=O) groups is 2. The quantitative estimate of drug-likeness (QED) is 0.506. The highest BCUT2D eigenvalue weighted by molar-refractivity contribution is 7.50. The van der Waals surface area contributed by atoms with E-state index in [4.69, 9.17) is 19.7 Å². The number of esters is 1. The van der Waals surface area contributed by atoms with E-state index in [1.807, 2.05) is 0 Å². The fourth-order valence-electron chi connectivity index (χ4n) is 1.72. The topological polar surface area (TPSA) is 128 Å². The number of nitrogens with two attached hydrogens (primary N) is 1. The molecule has 1 aromatic rings. The van der Waals surface area contributed by atoms with E-state index in [1.54, 1.807) is 31.2 Å². The second-order valence-corrected chi connectivity index (χ2v) is 5.83. The lowest BCUT2D eigenvalue weighted by Crippen LogP contribution is -2.29. The van der Waals surface area contributed by atoms with Crippen molar-refractivity contribution in [1.29, 1.82) is 0 Å². The predicted molar refractivity (Wildman–Crippen MR) is 80.0 cm³/mol. The average Bonchev–Trinajstić information content (AvgIpc) is 2.38. The Kier molecular flexibility index (Phi) is 6.70. The maximum Gasteiger partial charge on any atom is 0.401 e. The first-order valence-electron chi connectivity index (χ1n) is 6.54. The van der Waals surface area contributed by atoms with Gasteiger partial charge in [0, 0.05) is 19.0 Å². The molecule has 9 heteroatoms. The lowest BCUT2D eigenvalue weighted by Gasteiger charge is -2.17. The molecule has 0 aliphatic rings. The minimum absolute atomic E-state index is 0.0148. The first kappa shape index (κ1) is 18.3. The summed E-state index contributed by atoms with van der Waals surface area (Å²) in [4.78, 5) is 31.8. The van der Waals surface area contributed by atoms with Crippen molar-refractivity contribution in [2.24, 2.45) is 5.50 Å². The summed E-state index contributed by atoms with van der Waals surface area (Å²) in [5, 5.41) is 2.60. The van der Waals surface area contributed by atoms with Gasteiger partial charge in [0.2, 0.25) is 5.91 Å². The molecule has 0 heterocycles. The van der Waals surface area contributed by atoms with E-state index in [0.29, 0.717) is 11.3 Å². The summed E-state index contributed by atoms with van der Waals surface area (Å²) < 4.78 is 20.6. The molecular weight excluding hydrogens is 311 g/mol. The van der Waals surface area contributed by atoms with E-state index in [-0.39, 0.29) is 18.9 Å². The summed E-state index contributed by atoms with van der Waals surface area (Å²) in [7, 11) is -4.32. The molecule has 22 heavy (non-hydrogen) atoms. The maximum absolute atomic E-state index is 11.7. The van der Waals surface area contributed by atoms with Crippen LogP contribution in [0.1, 0.15) is 19.4 Å². The summed E-state index contributed by atoms with van der Waals surface area (Å²) in [5.41, 5.74) is 6.18. The van der Waals surface area contributed by atoms with Crippen LogP contribution in [0.4, 0.5) is 5.69 Å². The van der Waals surface area contributed by atoms with Crippen LogP contribution in [0.3, 0.4) is 0 Å². The molecule has 122 valence electrons. The molecule has 0 aliphatic heterocycles. The standard InChI is InChI=1S/C13H19N2O6P/c1-3-20-13(17)12(21-22(14,18)19)8-10-4-6-11(7-5-10)15-9(2)16/h4-7,12H,3,8H2,1-2H3,(H,15,16)(H3,14,18,19). The van der Waals surface area contributed by atoms with Crippen LogP contribution in [0, 0.1) is 0 Å². The van der Waals surface area contributed by atoms with Crippen LogP contribution in [0.2, 0.25) is 0 Å². The number of rotatable bonds is 7. The van der Waals surface area contributed by atoms with Crippen molar-refractivity contribution in [1.82, 2.24) is 0 Å². The van der Waals surface area contributed by atoms with Gasteiger partial charge in [0.05, 0.1) is 6.61 Å². The number of hydrogen-bond donors (Lipinski definition) is 3. The van der Waals surface area contributed by atoms with Gasteiger partial charge in [-0.1, -0.05) is 12.1 Å². The number of nitrogens with one attached hydrogen (secondary N) is 1. The largest absolute Gasteiger partial charge is 0.464 e. The number of benzene rings is 1. The van der Waals surface area contributed by atoms with Crippen LogP contribution in [0.5, 0.6) is 0 Å². The molecule has 4 N–H and O–H groups in total. The summed E-state index contributed by atoms with van der Waals surface area (Å²) in [5.74, 6) is -0.974. The van der Waals surface area contributed by atoms with E-state index in [2.05, 4.69) is 5.32 Å². The fraction of sp³-hybridized carbons (Fsp3) is 0.385. The zero-order chi connectivity index (χ0) is 16.8. The average molecular weight is 330 g/mol. The first-order chi connectivity index (χ1) is 10.2. The molecule has 0 aliphatic carbocycles. The van der Waals surface area contributed by atoms with Crippen molar-refractivity contribution in [3.63, 3.8) is 0 Å². The Morgan fingerprint density at radius 1 is 1.36 bits per heavy atom. The van der Waals surface area contributed by atoms with Crippen LogP contribution < -0.4 is 10.8 Å². The second-order valence-electron chi connectivity index (χ2n) is 4.49. The zero-order valence-corrected chi connectivity index (χ0v) is 13.2. The second kappa shape index (κ2) is 8.05. The SMILES string of the molecule is CCOC(=O)C(Cc1ccc(NC(C)=O)cc1)OP(N)(=O)O. The minimum atomic E-state index is -4.32. The van der Waals surface area contributed by atoms with Crippen molar-refractivity contribution < 1.29 is 28.3 Å². The normalized spacial score (nSPS) is 14.7. The van der Waals surface area contributed by atoms with E-state index in [0.717, 1.165) is 0 Å². The summed E-state index contributed by atoms with van der Waals surface area (Å²) in [6.45, 7) is 3.11. The van der Waals surface area contributed by atoms with Gasteiger partial charge in [0.1, 0.15) is 0 Å². The molecule has 1 amide bonds. The third kappa shape index (κ3) is 6.82. The molecule has 0 saturated carbocycles. The molecule has 0 spiro atoms.